The van der Waals surface area contributed by atoms with Gasteiger partial charge in [-0.15, -0.1) is 0 Å². The van der Waals surface area contributed by atoms with Gasteiger partial charge in [0.15, 0.2) is 11.5 Å². The highest BCUT2D eigenvalue weighted by Crippen LogP contribution is 2.33. The second kappa shape index (κ2) is 6.76. The number of benzene rings is 2. The summed E-state index contributed by atoms with van der Waals surface area (Å²) in [6.45, 7) is 5.69. The van der Waals surface area contributed by atoms with E-state index in [1.807, 2.05) is 23.1 Å². The molecule has 2 aliphatic heterocycles. The van der Waals surface area contributed by atoms with E-state index in [2.05, 4.69) is 36.1 Å². The highest BCUT2D eigenvalue weighted by Gasteiger charge is 2.28. The lowest BCUT2D eigenvalue weighted by molar-refractivity contribution is 0.0495. The van der Waals surface area contributed by atoms with E-state index < -0.39 is 0 Å². The Morgan fingerprint density at radius 2 is 1.88 bits per heavy atom. The lowest BCUT2D eigenvalue weighted by Gasteiger charge is -2.40. The predicted molar refractivity (Wildman–Crippen MR) is 94.8 cm³/mol. The molecule has 1 saturated heterocycles. The molecule has 1 atom stereocenters. The Morgan fingerprint density at radius 3 is 2.68 bits per heavy atom. The largest absolute Gasteiger partial charge is 0.454 e. The fraction of sp³-hybridized carbons (Fsp3) is 0.350. The van der Waals surface area contributed by atoms with E-state index in [0.717, 1.165) is 26.2 Å². The SMILES string of the molecule is CC1CN(C(=O)c2ccc3c(c2)OCO3)CCN1Cc1ccccc1. The van der Waals surface area contributed by atoms with E-state index in [9.17, 15) is 4.79 Å². The Labute approximate surface area is 147 Å². The second-order valence-corrected chi connectivity index (χ2v) is 6.62. The third-order valence-electron chi connectivity index (χ3n) is 4.90. The second-order valence-electron chi connectivity index (χ2n) is 6.62. The molecule has 1 amide bonds. The van der Waals surface area contributed by atoms with Crippen LogP contribution in [0.15, 0.2) is 48.5 Å². The zero-order valence-corrected chi connectivity index (χ0v) is 14.4. The van der Waals surface area contributed by atoms with Gasteiger partial charge >= 0.3 is 0 Å². The Morgan fingerprint density at radius 1 is 1.08 bits per heavy atom. The molecule has 0 N–H and O–H groups in total. The van der Waals surface area contributed by atoms with E-state index in [1.54, 1.807) is 6.07 Å². The normalized spacial score (nSPS) is 19.9. The number of hydrogen-bond donors (Lipinski definition) is 0. The van der Waals surface area contributed by atoms with E-state index in [1.165, 1.54) is 5.56 Å². The molecule has 2 aromatic rings. The van der Waals surface area contributed by atoms with Gasteiger partial charge in [-0.05, 0) is 30.7 Å². The number of piperazine rings is 1. The molecular formula is C20H22N2O3. The molecule has 2 aromatic carbocycles. The topological polar surface area (TPSA) is 42.0 Å². The molecular weight excluding hydrogens is 316 g/mol. The maximum atomic E-state index is 12.8. The quantitative estimate of drug-likeness (QED) is 0.863. The van der Waals surface area contributed by atoms with Crippen molar-refractivity contribution in [3.8, 4) is 11.5 Å². The zero-order valence-electron chi connectivity index (χ0n) is 14.4. The molecule has 130 valence electrons. The fourth-order valence-electron chi connectivity index (χ4n) is 3.44. The number of carbonyl (C=O) groups is 1. The van der Waals surface area contributed by atoms with Crippen LogP contribution in [0.2, 0.25) is 0 Å². The molecule has 0 radical (unpaired) electrons. The highest BCUT2D eigenvalue weighted by molar-refractivity contribution is 5.95. The van der Waals surface area contributed by atoms with Crippen molar-refractivity contribution in [3.63, 3.8) is 0 Å². The molecule has 2 heterocycles. The van der Waals surface area contributed by atoms with Crippen LogP contribution < -0.4 is 9.47 Å². The number of fused-ring (bicyclic) bond motifs is 1. The van der Waals surface area contributed by atoms with Crippen LogP contribution in [-0.4, -0.2) is 48.2 Å². The minimum atomic E-state index is 0.0597. The first kappa shape index (κ1) is 16.0. The molecule has 1 fully saturated rings. The third kappa shape index (κ3) is 3.33. The summed E-state index contributed by atoms with van der Waals surface area (Å²) < 4.78 is 10.7. The van der Waals surface area contributed by atoms with Gasteiger partial charge in [0.1, 0.15) is 0 Å². The summed E-state index contributed by atoms with van der Waals surface area (Å²) in [5.41, 5.74) is 1.97. The minimum absolute atomic E-state index is 0.0597. The van der Waals surface area contributed by atoms with Gasteiger partial charge in [0.25, 0.3) is 5.91 Å². The van der Waals surface area contributed by atoms with Crippen LogP contribution in [0, 0.1) is 0 Å². The summed E-state index contributed by atoms with van der Waals surface area (Å²) in [5, 5.41) is 0. The van der Waals surface area contributed by atoms with Gasteiger partial charge in [-0.3, -0.25) is 9.69 Å². The Kier molecular flexibility index (Phi) is 4.32. The van der Waals surface area contributed by atoms with Crippen molar-refractivity contribution < 1.29 is 14.3 Å². The molecule has 4 rings (SSSR count). The number of rotatable bonds is 3. The van der Waals surface area contributed by atoms with Crippen molar-refractivity contribution >= 4 is 5.91 Å². The Hall–Kier alpha value is -2.53. The smallest absolute Gasteiger partial charge is 0.254 e. The van der Waals surface area contributed by atoms with Gasteiger partial charge in [-0.2, -0.15) is 0 Å². The summed E-state index contributed by atoms with van der Waals surface area (Å²) in [4.78, 5) is 17.2. The van der Waals surface area contributed by atoms with Crippen LogP contribution in [0.1, 0.15) is 22.8 Å². The van der Waals surface area contributed by atoms with Gasteiger partial charge < -0.3 is 14.4 Å². The average Bonchev–Trinajstić information content (AvgIpc) is 3.11. The number of nitrogens with zero attached hydrogens (tertiary/aromatic N) is 2. The van der Waals surface area contributed by atoms with Crippen molar-refractivity contribution in [1.82, 2.24) is 9.80 Å². The van der Waals surface area contributed by atoms with Crippen LogP contribution >= 0.6 is 0 Å². The molecule has 0 aliphatic carbocycles. The van der Waals surface area contributed by atoms with Gasteiger partial charge in [0.05, 0.1) is 0 Å². The Bertz CT molecular complexity index is 763. The van der Waals surface area contributed by atoms with E-state index in [0.29, 0.717) is 23.1 Å². The summed E-state index contributed by atoms with van der Waals surface area (Å²) in [6, 6.07) is 16.2. The maximum absolute atomic E-state index is 12.8. The first-order valence-electron chi connectivity index (χ1n) is 8.67. The fourth-order valence-corrected chi connectivity index (χ4v) is 3.44. The molecule has 0 spiro atoms. The van der Waals surface area contributed by atoms with E-state index in [-0.39, 0.29) is 12.7 Å². The summed E-state index contributed by atoms with van der Waals surface area (Å²) in [5.74, 6) is 1.42. The lowest BCUT2D eigenvalue weighted by Crippen LogP contribution is -2.53. The van der Waals surface area contributed by atoms with Crippen LogP contribution in [0.5, 0.6) is 11.5 Å². The maximum Gasteiger partial charge on any atom is 0.254 e. The molecule has 2 aliphatic rings. The summed E-state index contributed by atoms with van der Waals surface area (Å²) in [6.07, 6.45) is 0. The Balaban J connectivity index is 1.41. The van der Waals surface area contributed by atoms with Crippen LogP contribution in [-0.2, 0) is 6.54 Å². The first-order chi connectivity index (χ1) is 12.2. The standard InChI is InChI=1S/C20H22N2O3/c1-15-12-22(10-9-21(15)13-16-5-3-2-4-6-16)20(23)17-7-8-18-19(11-17)25-14-24-18/h2-8,11,15H,9-10,12-14H2,1H3. The van der Waals surface area contributed by atoms with Gasteiger partial charge in [0.2, 0.25) is 6.79 Å². The summed E-state index contributed by atoms with van der Waals surface area (Å²) >= 11 is 0. The molecule has 0 saturated carbocycles. The minimum Gasteiger partial charge on any atom is -0.454 e. The number of hydrogen-bond acceptors (Lipinski definition) is 4. The van der Waals surface area contributed by atoms with Crippen molar-refractivity contribution in [3.05, 3.63) is 59.7 Å². The first-order valence-corrected chi connectivity index (χ1v) is 8.67. The molecule has 0 bridgehead atoms. The van der Waals surface area contributed by atoms with Gasteiger partial charge in [-0.1, -0.05) is 30.3 Å². The monoisotopic (exact) mass is 338 g/mol. The van der Waals surface area contributed by atoms with E-state index in [4.69, 9.17) is 9.47 Å². The number of ether oxygens (including phenoxy) is 2. The van der Waals surface area contributed by atoms with Crippen molar-refractivity contribution in [2.75, 3.05) is 26.4 Å². The molecule has 25 heavy (non-hydrogen) atoms. The number of carbonyl (C=O) groups excluding carboxylic acids is 1. The van der Waals surface area contributed by atoms with Crippen LogP contribution in [0.4, 0.5) is 0 Å². The molecule has 5 nitrogen and oxygen atoms in total. The van der Waals surface area contributed by atoms with Crippen LogP contribution in [0.25, 0.3) is 0 Å². The van der Waals surface area contributed by atoms with Crippen LogP contribution in [0.3, 0.4) is 0 Å². The zero-order chi connectivity index (χ0) is 17.2. The number of amides is 1. The van der Waals surface area contributed by atoms with Crippen molar-refractivity contribution in [2.45, 2.75) is 19.5 Å². The highest BCUT2D eigenvalue weighted by atomic mass is 16.7. The molecule has 1 unspecified atom stereocenters. The molecule has 5 heteroatoms. The van der Waals surface area contributed by atoms with Crippen molar-refractivity contribution in [2.24, 2.45) is 0 Å². The predicted octanol–water partition coefficient (Wildman–Crippen LogP) is 2.76. The average molecular weight is 338 g/mol. The third-order valence-corrected chi connectivity index (χ3v) is 4.90. The molecule has 0 aromatic heterocycles. The lowest BCUT2D eigenvalue weighted by atomic mass is 10.1. The van der Waals surface area contributed by atoms with Gasteiger partial charge in [0, 0.05) is 37.8 Å². The van der Waals surface area contributed by atoms with Gasteiger partial charge in [-0.25, -0.2) is 0 Å². The summed E-state index contributed by atoms with van der Waals surface area (Å²) in [7, 11) is 0. The van der Waals surface area contributed by atoms with Crippen molar-refractivity contribution in [1.29, 1.82) is 0 Å². The van der Waals surface area contributed by atoms with E-state index >= 15 is 0 Å².